The van der Waals surface area contributed by atoms with Crippen LogP contribution in [0.15, 0.2) is 17.8 Å². The van der Waals surface area contributed by atoms with E-state index in [0.29, 0.717) is 13.1 Å². The number of thiophene rings is 1. The van der Waals surface area contributed by atoms with Gasteiger partial charge in [0.05, 0.1) is 11.6 Å². The van der Waals surface area contributed by atoms with Gasteiger partial charge in [0.25, 0.3) is 0 Å². The molecule has 7 nitrogen and oxygen atoms in total. The quantitative estimate of drug-likeness (QED) is 0.862. The summed E-state index contributed by atoms with van der Waals surface area (Å²) >= 11 is 1.60. The third kappa shape index (κ3) is 3.54. The molecule has 3 rings (SSSR count). The Bertz CT molecular complexity index is 738. The van der Waals surface area contributed by atoms with Crippen molar-refractivity contribution in [2.45, 2.75) is 0 Å². The third-order valence-electron chi connectivity index (χ3n) is 3.78. The van der Waals surface area contributed by atoms with E-state index in [9.17, 15) is 8.42 Å². The standard InChI is InChI=1S/C13H19N5O2S2/c1-22(19,20)18-7-5-17(6-8-18)4-3-14-12-11-2-9-21-13(11)16-10-15-12/h2,9-10H,3-8H2,1H3,(H,14,15,16). The van der Waals surface area contributed by atoms with Gasteiger partial charge in [-0.3, -0.25) is 4.90 Å². The van der Waals surface area contributed by atoms with Crippen molar-refractivity contribution in [3.05, 3.63) is 17.8 Å². The predicted molar refractivity (Wildman–Crippen MR) is 88.8 cm³/mol. The molecule has 0 bridgehead atoms. The summed E-state index contributed by atoms with van der Waals surface area (Å²) in [4.78, 5) is 11.8. The van der Waals surface area contributed by atoms with E-state index in [-0.39, 0.29) is 0 Å². The Kier molecular flexibility index (Phi) is 4.57. The molecular weight excluding hydrogens is 322 g/mol. The SMILES string of the molecule is CS(=O)(=O)N1CCN(CCNc2ncnc3sccc23)CC1. The number of anilines is 1. The normalized spacial score (nSPS) is 17.9. The van der Waals surface area contributed by atoms with Crippen molar-refractivity contribution in [2.24, 2.45) is 0 Å². The van der Waals surface area contributed by atoms with Gasteiger partial charge in [-0.15, -0.1) is 11.3 Å². The Balaban J connectivity index is 1.49. The molecule has 1 saturated heterocycles. The van der Waals surface area contributed by atoms with Gasteiger partial charge in [0.15, 0.2) is 0 Å². The van der Waals surface area contributed by atoms with Crippen LogP contribution >= 0.6 is 11.3 Å². The molecule has 2 aromatic heterocycles. The van der Waals surface area contributed by atoms with Crippen LogP contribution in [-0.2, 0) is 10.0 Å². The fourth-order valence-corrected chi connectivity index (χ4v) is 4.11. The van der Waals surface area contributed by atoms with E-state index in [1.54, 1.807) is 17.7 Å². The smallest absolute Gasteiger partial charge is 0.211 e. The van der Waals surface area contributed by atoms with Crippen LogP contribution in [0.5, 0.6) is 0 Å². The summed E-state index contributed by atoms with van der Waals surface area (Å²) in [6, 6.07) is 2.02. The van der Waals surface area contributed by atoms with Gasteiger partial charge in [-0.25, -0.2) is 18.4 Å². The second kappa shape index (κ2) is 6.45. The Morgan fingerprint density at radius 1 is 1.27 bits per heavy atom. The van der Waals surface area contributed by atoms with Crippen LogP contribution in [0.3, 0.4) is 0 Å². The molecule has 0 radical (unpaired) electrons. The predicted octanol–water partition coefficient (Wildman–Crippen LogP) is 0.680. The van der Waals surface area contributed by atoms with Gasteiger partial charge in [0.1, 0.15) is 17.0 Å². The molecule has 0 spiro atoms. The molecule has 9 heteroatoms. The Labute approximate surface area is 134 Å². The van der Waals surface area contributed by atoms with Gasteiger partial charge in [-0.05, 0) is 11.4 Å². The molecule has 1 aliphatic rings. The molecule has 3 heterocycles. The van der Waals surface area contributed by atoms with Crippen LogP contribution in [0.25, 0.3) is 10.2 Å². The summed E-state index contributed by atoms with van der Waals surface area (Å²) in [6.45, 7) is 4.33. The number of hydrogen-bond donors (Lipinski definition) is 1. The number of rotatable bonds is 5. The van der Waals surface area contributed by atoms with E-state index in [2.05, 4.69) is 20.2 Å². The van der Waals surface area contributed by atoms with Gasteiger partial charge in [0, 0.05) is 39.3 Å². The van der Waals surface area contributed by atoms with Crippen molar-refractivity contribution in [2.75, 3.05) is 50.8 Å². The number of aromatic nitrogens is 2. The fourth-order valence-electron chi connectivity index (χ4n) is 2.55. The molecule has 1 N–H and O–H groups in total. The van der Waals surface area contributed by atoms with Crippen molar-refractivity contribution in [3.8, 4) is 0 Å². The van der Waals surface area contributed by atoms with Gasteiger partial charge in [-0.2, -0.15) is 4.31 Å². The summed E-state index contributed by atoms with van der Waals surface area (Å²) in [6.07, 6.45) is 2.84. The lowest BCUT2D eigenvalue weighted by molar-refractivity contribution is 0.195. The number of piperazine rings is 1. The van der Waals surface area contributed by atoms with Crippen molar-refractivity contribution < 1.29 is 8.42 Å². The van der Waals surface area contributed by atoms with Crippen molar-refractivity contribution in [1.82, 2.24) is 19.2 Å². The lowest BCUT2D eigenvalue weighted by Crippen LogP contribution is -2.49. The number of hydrogen-bond acceptors (Lipinski definition) is 7. The lowest BCUT2D eigenvalue weighted by Gasteiger charge is -2.33. The summed E-state index contributed by atoms with van der Waals surface area (Å²) in [5.41, 5.74) is 0. The van der Waals surface area contributed by atoms with E-state index in [4.69, 9.17) is 0 Å². The first-order valence-corrected chi connectivity index (χ1v) is 9.86. The van der Waals surface area contributed by atoms with Crippen LogP contribution in [0.4, 0.5) is 5.82 Å². The molecule has 0 atom stereocenters. The second-order valence-electron chi connectivity index (χ2n) is 5.29. The molecular formula is C13H19N5O2S2. The molecule has 0 unspecified atom stereocenters. The number of nitrogens with one attached hydrogen (secondary N) is 1. The molecule has 1 aliphatic heterocycles. The molecule has 0 saturated carbocycles. The van der Waals surface area contributed by atoms with Crippen molar-refractivity contribution in [3.63, 3.8) is 0 Å². The monoisotopic (exact) mass is 341 g/mol. The molecule has 0 aromatic carbocycles. The summed E-state index contributed by atoms with van der Waals surface area (Å²) in [5, 5.41) is 6.40. The molecule has 120 valence electrons. The topological polar surface area (TPSA) is 78.4 Å². The summed E-state index contributed by atoms with van der Waals surface area (Å²) in [5.74, 6) is 0.862. The zero-order valence-electron chi connectivity index (χ0n) is 12.4. The van der Waals surface area contributed by atoms with Gasteiger partial charge in [-0.1, -0.05) is 0 Å². The zero-order chi connectivity index (χ0) is 15.6. The fraction of sp³-hybridized carbons (Fsp3) is 0.538. The van der Waals surface area contributed by atoms with E-state index >= 15 is 0 Å². The van der Waals surface area contributed by atoms with Crippen LogP contribution in [0.1, 0.15) is 0 Å². The highest BCUT2D eigenvalue weighted by molar-refractivity contribution is 7.88. The van der Waals surface area contributed by atoms with E-state index < -0.39 is 10.0 Å². The average molecular weight is 341 g/mol. The van der Waals surface area contributed by atoms with E-state index in [0.717, 1.165) is 42.2 Å². The van der Waals surface area contributed by atoms with E-state index in [1.165, 1.54) is 10.6 Å². The Hall–Kier alpha value is -1.29. The Morgan fingerprint density at radius 2 is 2.05 bits per heavy atom. The highest BCUT2D eigenvalue weighted by atomic mass is 32.2. The van der Waals surface area contributed by atoms with Gasteiger partial charge in [0.2, 0.25) is 10.0 Å². The first-order chi connectivity index (χ1) is 10.5. The first-order valence-electron chi connectivity index (χ1n) is 7.13. The van der Waals surface area contributed by atoms with Crippen LogP contribution in [0, 0.1) is 0 Å². The average Bonchev–Trinajstić information content (AvgIpc) is 2.96. The van der Waals surface area contributed by atoms with Crippen LogP contribution in [0.2, 0.25) is 0 Å². The summed E-state index contributed by atoms with van der Waals surface area (Å²) in [7, 11) is -3.06. The molecule has 0 amide bonds. The summed E-state index contributed by atoms with van der Waals surface area (Å²) < 4.78 is 24.5. The maximum Gasteiger partial charge on any atom is 0.211 e. The highest BCUT2D eigenvalue weighted by Gasteiger charge is 2.22. The maximum atomic E-state index is 11.5. The highest BCUT2D eigenvalue weighted by Crippen LogP contribution is 2.23. The minimum atomic E-state index is -3.06. The minimum absolute atomic E-state index is 0.571. The number of sulfonamides is 1. The molecule has 0 aliphatic carbocycles. The lowest BCUT2D eigenvalue weighted by atomic mass is 10.3. The molecule has 2 aromatic rings. The molecule has 22 heavy (non-hydrogen) atoms. The minimum Gasteiger partial charge on any atom is -0.368 e. The van der Waals surface area contributed by atoms with Crippen LogP contribution in [-0.4, -0.2) is 73.1 Å². The Morgan fingerprint density at radius 3 is 2.77 bits per heavy atom. The van der Waals surface area contributed by atoms with Gasteiger partial charge >= 0.3 is 0 Å². The largest absolute Gasteiger partial charge is 0.368 e. The second-order valence-corrected chi connectivity index (χ2v) is 8.17. The molecule has 1 fully saturated rings. The maximum absolute atomic E-state index is 11.5. The zero-order valence-corrected chi connectivity index (χ0v) is 14.0. The third-order valence-corrected chi connectivity index (χ3v) is 5.91. The number of nitrogens with zero attached hydrogens (tertiary/aromatic N) is 4. The van der Waals surface area contributed by atoms with Crippen molar-refractivity contribution in [1.29, 1.82) is 0 Å². The van der Waals surface area contributed by atoms with Crippen LogP contribution < -0.4 is 5.32 Å². The van der Waals surface area contributed by atoms with E-state index in [1.807, 2.05) is 11.4 Å². The first kappa shape index (κ1) is 15.6. The van der Waals surface area contributed by atoms with Gasteiger partial charge < -0.3 is 5.32 Å². The number of fused-ring (bicyclic) bond motifs is 1. The van der Waals surface area contributed by atoms with Crippen molar-refractivity contribution >= 4 is 37.4 Å².